The fourth-order valence-electron chi connectivity index (χ4n) is 2.97. The summed E-state index contributed by atoms with van der Waals surface area (Å²) in [5, 5.41) is 6.38. The maximum absolute atomic E-state index is 12.3. The van der Waals surface area contributed by atoms with Gasteiger partial charge in [-0.3, -0.25) is 9.59 Å². The monoisotopic (exact) mass is 303 g/mol. The molecule has 2 fully saturated rings. The first-order valence-corrected chi connectivity index (χ1v) is 7.53. The first-order valence-electron chi connectivity index (χ1n) is 7.53. The molecule has 0 saturated carbocycles. The Morgan fingerprint density at radius 1 is 1.30 bits per heavy atom. The molecule has 0 aromatic carbocycles. The molecule has 6 heteroatoms. The molecule has 2 heterocycles. The molecule has 0 spiro atoms. The first-order chi connectivity index (χ1) is 9.22. The van der Waals surface area contributed by atoms with E-state index >= 15 is 0 Å². The lowest BCUT2D eigenvalue weighted by molar-refractivity contribution is -0.138. The summed E-state index contributed by atoms with van der Waals surface area (Å²) in [7, 11) is 0. The Kier molecular flexibility index (Phi) is 7.30. The van der Waals surface area contributed by atoms with E-state index in [1.165, 1.54) is 0 Å². The van der Waals surface area contributed by atoms with E-state index in [0.717, 1.165) is 51.7 Å². The Labute approximate surface area is 127 Å². The van der Waals surface area contributed by atoms with Crippen LogP contribution in [0.2, 0.25) is 0 Å². The van der Waals surface area contributed by atoms with Crippen LogP contribution in [-0.4, -0.2) is 48.4 Å². The predicted molar refractivity (Wildman–Crippen MR) is 80.9 cm³/mol. The highest BCUT2D eigenvalue weighted by molar-refractivity contribution is 5.88. The predicted octanol–water partition coefficient (Wildman–Crippen LogP) is 1.07. The van der Waals surface area contributed by atoms with E-state index in [0.29, 0.717) is 6.42 Å². The fourth-order valence-corrected chi connectivity index (χ4v) is 2.97. The Hall–Kier alpha value is -0.810. The van der Waals surface area contributed by atoms with Gasteiger partial charge in [0.05, 0.1) is 0 Å². The standard InChI is InChI=1S/C14H25N3O2.ClH/c1-2-5-13(18)17-9-4-7-12(17)14(19)16-11-6-3-8-15-10-11;/h11-12,15H,2-10H2,1H3,(H,16,19);1H/t11-,12?;/m0./s1. The molecule has 116 valence electrons. The molecule has 0 aliphatic carbocycles. The maximum atomic E-state index is 12.3. The summed E-state index contributed by atoms with van der Waals surface area (Å²) in [6.45, 7) is 4.62. The van der Waals surface area contributed by atoms with Gasteiger partial charge in [0.2, 0.25) is 11.8 Å². The van der Waals surface area contributed by atoms with Gasteiger partial charge in [-0.05, 0) is 38.6 Å². The van der Waals surface area contributed by atoms with Gasteiger partial charge >= 0.3 is 0 Å². The van der Waals surface area contributed by atoms with Crippen LogP contribution in [0.5, 0.6) is 0 Å². The number of carbonyl (C=O) groups excluding carboxylic acids is 2. The smallest absolute Gasteiger partial charge is 0.243 e. The number of piperidine rings is 1. The molecule has 2 saturated heterocycles. The summed E-state index contributed by atoms with van der Waals surface area (Å²) in [6, 6.07) is -0.00838. The van der Waals surface area contributed by atoms with Crippen molar-refractivity contribution in [2.75, 3.05) is 19.6 Å². The highest BCUT2D eigenvalue weighted by atomic mass is 35.5. The molecular weight excluding hydrogens is 278 g/mol. The summed E-state index contributed by atoms with van der Waals surface area (Å²) >= 11 is 0. The Morgan fingerprint density at radius 2 is 2.10 bits per heavy atom. The Bertz CT molecular complexity index is 332. The molecule has 2 aliphatic heterocycles. The molecule has 0 aromatic heterocycles. The van der Waals surface area contributed by atoms with E-state index in [9.17, 15) is 9.59 Å². The van der Waals surface area contributed by atoms with Crippen LogP contribution in [-0.2, 0) is 9.59 Å². The third kappa shape index (κ3) is 4.35. The number of hydrogen-bond acceptors (Lipinski definition) is 3. The van der Waals surface area contributed by atoms with Crippen molar-refractivity contribution >= 4 is 24.2 Å². The summed E-state index contributed by atoms with van der Waals surface area (Å²) in [4.78, 5) is 26.1. The van der Waals surface area contributed by atoms with Crippen molar-refractivity contribution < 1.29 is 9.59 Å². The largest absolute Gasteiger partial charge is 0.350 e. The first kappa shape index (κ1) is 17.2. The second kappa shape index (κ2) is 8.47. The van der Waals surface area contributed by atoms with E-state index in [4.69, 9.17) is 0 Å². The minimum Gasteiger partial charge on any atom is -0.350 e. The number of carbonyl (C=O) groups is 2. The normalized spacial score (nSPS) is 25.9. The van der Waals surface area contributed by atoms with Crippen molar-refractivity contribution in [3.05, 3.63) is 0 Å². The molecule has 0 bridgehead atoms. The zero-order valence-corrected chi connectivity index (χ0v) is 13.0. The van der Waals surface area contributed by atoms with E-state index in [-0.39, 0.29) is 36.3 Å². The number of likely N-dealkylation sites (tertiary alicyclic amines) is 1. The number of nitrogens with zero attached hydrogens (tertiary/aromatic N) is 1. The SMILES string of the molecule is CCCC(=O)N1CCCC1C(=O)N[C@H]1CCCNC1.Cl. The van der Waals surface area contributed by atoms with Crippen LogP contribution in [0.1, 0.15) is 45.4 Å². The van der Waals surface area contributed by atoms with Crippen molar-refractivity contribution in [1.29, 1.82) is 0 Å². The van der Waals surface area contributed by atoms with Crippen LogP contribution in [0, 0.1) is 0 Å². The second-order valence-electron chi connectivity index (χ2n) is 5.55. The molecule has 5 nitrogen and oxygen atoms in total. The van der Waals surface area contributed by atoms with Crippen molar-refractivity contribution in [1.82, 2.24) is 15.5 Å². The molecular formula is C14H26ClN3O2. The molecule has 2 aliphatic rings. The molecule has 2 amide bonds. The lowest BCUT2D eigenvalue weighted by atomic mass is 10.1. The summed E-state index contributed by atoms with van der Waals surface area (Å²) in [6.07, 6.45) is 5.28. The number of amides is 2. The molecule has 2 N–H and O–H groups in total. The second-order valence-corrected chi connectivity index (χ2v) is 5.55. The summed E-state index contributed by atoms with van der Waals surface area (Å²) in [5.74, 6) is 0.164. The van der Waals surface area contributed by atoms with E-state index in [2.05, 4.69) is 10.6 Å². The number of rotatable bonds is 4. The van der Waals surface area contributed by atoms with Gasteiger partial charge in [0.1, 0.15) is 6.04 Å². The number of nitrogens with one attached hydrogen (secondary N) is 2. The molecule has 1 unspecified atom stereocenters. The van der Waals surface area contributed by atoms with Crippen molar-refractivity contribution in [2.24, 2.45) is 0 Å². The fraction of sp³-hybridized carbons (Fsp3) is 0.857. The average Bonchev–Trinajstić information content (AvgIpc) is 2.89. The Balaban J connectivity index is 0.00000200. The number of halogens is 1. The van der Waals surface area contributed by atoms with Crippen LogP contribution < -0.4 is 10.6 Å². The van der Waals surface area contributed by atoms with E-state index in [1.807, 2.05) is 6.92 Å². The van der Waals surface area contributed by atoms with Crippen LogP contribution in [0.15, 0.2) is 0 Å². The highest BCUT2D eigenvalue weighted by Gasteiger charge is 2.34. The van der Waals surface area contributed by atoms with Crippen molar-refractivity contribution in [3.63, 3.8) is 0 Å². The molecule has 0 radical (unpaired) electrons. The van der Waals surface area contributed by atoms with Crippen LogP contribution in [0.3, 0.4) is 0 Å². The Morgan fingerprint density at radius 3 is 2.75 bits per heavy atom. The summed E-state index contributed by atoms with van der Waals surface area (Å²) < 4.78 is 0. The van der Waals surface area contributed by atoms with Gasteiger partial charge in [-0.1, -0.05) is 6.92 Å². The van der Waals surface area contributed by atoms with Gasteiger partial charge in [-0.2, -0.15) is 0 Å². The average molecular weight is 304 g/mol. The van der Waals surface area contributed by atoms with Gasteiger partial charge in [-0.25, -0.2) is 0 Å². The molecule has 2 rings (SSSR count). The lowest BCUT2D eigenvalue weighted by Crippen LogP contribution is -2.52. The van der Waals surface area contributed by atoms with Gasteiger partial charge in [0.15, 0.2) is 0 Å². The van der Waals surface area contributed by atoms with E-state index in [1.54, 1.807) is 4.90 Å². The van der Waals surface area contributed by atoms with Crippen LogP contribution in [0.4, 0.5) is 0 Å². The quantitative estimate of drug-likeness (QED) is 0.816. The van der Waals surface area contributed by atoms with Crippen molar-refractivity contribution in [2.45, 2.75) is 57.5 Å². The van der Waals surface area contributed by atoms with Gasteiger partial charge < -0.3 is 15.5 Å². The minimum absolute atomic E-state index is 0. The third-order valence-electron chi connectivity index (χ3n) is 3.98. The van der Waals surface area contributed by atoms with Crippen LogP contribution >= 0.6 is 12.4 Å². The number of hydrogen-bond donors (Lipinski definition) is 2. The van der Waals surface area contributed by atoms with Gasteiger partial charge in [-0.15, -0.1) is 12.4 Å². The lowest BCUT2D eigenvalue weighted by Gasteiger charge is -2.28. The van der Waals surface area contributed by atoms with Gasteiger partial charge in [0.25, 0.3) is 0 Å². The molecule has 2 atom stereocenters. The topological polar surface area (TPSA) is 61.4 Å². The molecule has 0 aromatic rings. The highest BCUT2D eigenvalue weighted by Crippen LogP contribution is 2.19. The van der Waals surface area contributed by atoms with Crippen LogP contribution in [0.25, 0.3) is 0 Å². The maximum Gasteiger partial charge on any atom is 0.243 e. The minimum atomic E-state index is -0.235. The zero-order chi connectivity index (χ0) is 13.7. The third-order valence-corrected chi connectivity index (χ3v) is 3.98. The summed E-state index contributed by atoms with van der Waals surface area (Å²) in [5.41, 5.74) is 0. The van der Waals surface area contributed by atoms with E-state index < -0.39 is 0 Å². The molecule has 20 heavy (non-hydrogen) atoms. The van der Waals surface area contributed by atoms with Gasteiger partial charge in [0, 0.05) is 25.6 Å². The zero-order valence-electron chi connectivity index (χ0n) is 12.2. The van der Waals surface area contributed by atoms with Crippen molar-refractivity contribution in [3.8, 4) is 0 Å².